The predicted molar refractivity (Wildman–Crippen MR) is 82.0 cm³/mol. The molecular weight excluding hydrogens is 268 g/mol. The fourth-order valence-electron chi connectivity index (χ4n) is 2.43. The van der Waals surface area contributed by atoms with E-state index in [1.165, 1.54) is 7.11 Å². The number of ether oxygens (including phenoxy) is 3. The summed E-state index contributed by atoms with van der Waals surface area (Å²) in [6.45, 7) is 0. The lowest BCUT2D eigenvalue weighted by molar-refractivity contribution is -0.140. The standard InChI is InChI=1S/C17H20O4/c1-19-13-9-7-12-8-10-16(20-2)14(15(12)11-13)5-4-6-17(18)21-3/h7-11H,4-6H2,1-3H3. The molecule has 0 spiro atoms. The Hall–Kier alpha value is -2.23. The third-order valence-electron chi connectivity index (χ3n) is 3.55. The summed E-state index contributed by atoms with van der Waals surface area (Å²) in [4.78, 5) is 11.2. The number of aryl methyl sites for hydroxylation is 1. The molecule has 21 heavy (non-hydrogen) atoms. The minimum absolute atomic E-state index is 0.188. The molecule has 2 aromatic carbocycles. The van der Waals surface area contributed by atoms with E-state index in [9.17, 15) is 4.79 Å². The highest BCUT2D eigenvalue weighted by atomic mass is 16.5. The summed E-state index contributed by atoms with van der Waals surface area (Å²) < 4.78 is 15.4. The summed E-state index contributed by atoms with van der Waals surface area (Å²) in [6.07, 6.45) is 1.88. The molecular formula is C17H20O4. The van der Waals surface area contributed by atoms with E-state index < -0.39 is 0 Å². The van der Waals surface area contributed by atoms with Crippen LogP contribution in [0.2, 0.25) is 0 Å². The molecule has 2 rings (SSSR count). The zero-order chi connectivity index (χ0) is 15.2. The molecule has 0 aromatic heterocycles. The molecule has 0 saturated carbocycles. The van der Waals surface area contributed by atoms with Crippen LogP contribution in [-0.2, 0) is 16.0 Å². The lowest BCUT2D eigenvalue weighted by atomic mass is 9.98. The number of hydrogen-bond donors (Lipinski definition) is 0. The molecule has 0 N–H and O–H groups in total. The van der Waals surface area contributed by atoms with Crippen molar-refractivity contribution in [2.24, 2.45) is 0 Å². The number of hydrogen-bond acceptors (Lipinski definition) is 4. The Morgan fingerprint density at radius 1 is 1.05 bits per heavy atom. The van der Waals surface area contributed by atoms with E-state index in [1.807, 2.05) is 30.3 Å². The van der Waals surface area contributed by atoms with Gasteiger partial charge in [0.1, 0.15) is 11.5 Å². The molecule has 0 bridgehead atoms. The van der Waals surface area contributed by atoms with Gasteiger partial charge in [0.15, 0.2) is 0 Å². The van der Waals surface area contributed by atoms with E-state index >= 15 is 0 Å². The molecule has 4 heteroatoms. The summed E-state index contributed by atoms with van der Waals surface area (Å²) in [5, 5.41) is 2.23. The number of benzene rings is 2. The molecule has 0 aliphatic rings. The first-order valence-corrected chi connectivity index (χ1v) is 6.90. The Morgan fingerprint density at radius 2 is 1.81 bits per heavy atom. The number of fused-ring (bicyclic) bond motifs is 1. The molecule has 0 heterocycles. The maximum Gasteiger partial charge on any atom is 0.305 e. The Morgan fingerprint density at radius 3 is 2.48 bits per heavy atom. The van der Waals surface area contributed by atoms with Crippen LogP contribution in [0.15, 0.2) is 30.3 Å². The third-order valence-corrected chi connectivity index (χ3v) is 3.55. The van der Waals surface area contributed by atoms with Gasteiger partial charge in [-0.25, -0.2) is 0 Å². The highest BCUT2D eigenvalue weighted by molar-refractivity contribution is 5.89. The first-order valence-electron chi connectivity index (χ1n) is 6.90. The van der Waals surface area contributed by atoms with Gasteiger partial charge in [-0.1, -0.05) is 12.1 Å². The molecule has 0 amide bonds. The fraction of sp³-hybridized carbons (Fsp3) is 0.353. The van der Waals surface area contributed by atoms with Gasteiger partial charge in [-0.2, -0.15) is 0 Å². The van der Waals surface area contributed by atoms with Crippen molar-refractivity contribution in [2.45, 2.75) is 19.3 Å². The van der Waals surface area contributed by atoms with Gasteiger partial charge in [-0.15, -0.1) is 0 Å². The maximum atomic E-state index is 11.2. The zero-order valence-electron chi connectivity index (χ0n) is 12.6. The van der Waals surface area contributed by atoms with Crippen LogP contribution in [0.4, 0.5) is 0 Å². The minimum Gasteiger partial charge on any atom is -0.497 e. The van der Waals surface area contributed by atoms with Crippen molar-refractivity contribution in [3.05, 3.63) is 35.9 Å². The topological polar surface area (TPSA) is 44.8 Å². The number of carbonyl (C=O) groups is 1. The Balaban J connectivity index is 2.35. The van der Waals surface area contributed by atoms with Gasteiger partial charge in [0, 0.05) is 12.0 Å². The molecule has 0 radical (unpaired) electrons. The largest absolute Gasteiger partial charge is 0.497 e. The smallest absolute Gasteiger partial charge is 0.305 e. The van der Waals surface area contributed by atoms with Crippen LogP contribution in [0.3, 0.4) is 0 Å². The first kappa shape index (κ1) is 15.2. The van der Waals surface area contributed by atoms with Crippen molar-refractivity contribution in [3.63, 3.8) is 0 Å². The number of esters is 1. The SMILES string of the molecule is COC(=O)CCCc1c(OC)ccc2ccc(OC)cc12. The Bertz CT molecular complexity index is 629. The van der Waals surface area contributed by atoms with Crippen LogP contribution < -0.4 is 9.47 Å². The minimum atomic E-state index is -0.188. The molecule has 0 fully saturated rings. The molecule has 0 atom stereocenters. The summed E-state index contributed by atoms with van der Waals surface area (Å²) in [6, 6.07) is 9.95. The van der Waals surface area contributed by atoms with E-state index in [2.05, 4.69) is 4.74 Å². The van der Waals surface area contributed by atoms with Gasteiger partial charge >= 0.3 is 5.97 Å². The normalized spacial score (nSPS) is 10.4. The van der Waals surface area contributed by atoms with Crippen molar-refractivity contribution in [2.75, 3.05) is 21.3 Å². The van der Waals surface area contributed by atoms with Crippen LogP contribution in [0.5, 0.6) is 11.5 Å². The average molecular weight is 288 g/mol. The molecule has 0 saturated heterocycles. The van der Waals surface area contributed by atoms with Gasteiger partial charge in [-0.05, 0) is 41.8 Å². The number of carbonyl (C=O) groups excluding carboxylic acids is 1. The van der Waals surface area contributed by atoms with E-state index in [-0.39, 0.29) is 5.97 Å². The van der Waals surface area contributed by atoms with Crippen molar-refractivity contribution in [1.29, 1.82) is 0 Å². The second-order valence-electron chi connectivity index (χ2n) is 4.76. The van der Waals surface area contributed by atoms with Gasteiger partial charge in [0.05, 0.1) is 21.3 Å². The van der Waals surface area contributed by atoms with Crippen molar-refractivity contribution >= 4 is 16.7 Å². The van der Waals surface area contributed by atoms with E-state index in [0.717, 1.165) is 40.7 Å². The molecule has 4 nitrogen and oxygen atoms in total. The second kappa shape index (κ2) is 6.97. The highest BCUT2D eigenvalue weighted by Gasteiger charge is 2.10. The molecule has 0 aliphatic heterocycles. The summed E-state index contributed by atoms with van der Waals surface area (Å²) in [5.74, 6) is 1.46. The quantitative estimate of drug-likeness (QED) is 0.765. The van der Waals surface area contributed by atoms with E-state index in [0.29, 0.717) is 6.42 Å². The first-order chi connectivity index (χ1) is 10.2. The predicted octanol–water partition coefficient (Wildman–Crippen LogP) is 3.35. The average Bonchev–Trinajstić information content (AvgIpc) is 2.54. The number of methoxy groups -OCH3 is 3. The fourth-order valence-corrected chi connectivity index (χ4v) is 2.43. The van der Waals surface area contributed by atoms with Crippen LogP contribution in [-0.4, -0.2) is 27.3 Å². The maximum absolute atomic E-state index is 11.2. The monoisotopic (exact) mass is 288 g/mol. The van der Waals surface area contributed by atoms with Gasteiger partial charge in [-0.3, -0.25) is 4.79 Å². The summed E-state index contributed by atoms with van der Waals surface area (Å²) >= 11 is 0. The Kier molecular flexibility index (Phi) is 5.04. The third kappa shape index (κ3) is 3.45. The lowest BCUT2D eigenvalue weighted by Gasteiger charge is -2.13. The zero-order valence-corrected chi connectivity index (χ0v) is 12.6. The second-order valence-corrected chi connectivity index (χ2v) is 4.76. The number of rotatable bonds is 6. The van der Waals surface area contributed by atoms with Crippen molar-refractivity contribution in [1.82, 2.24) is 0 Å². The van der Waals surface area contributed by atoms with E-state index in [4.69, 9.17) is 9.47 Å². The molecule has 2 aromatic rings. The molecule has 0 unspecified atom stereocenters. The highest BCUT2D eigenvalue weighted by Crippen LogP contribution is 2.31. The van der Waals surface area contributed by atoms with Crippen LogP contribution in [0, 0.1) is 0 Å². The van der Waals surface area contributed by atoms with Crippen LogP contribution in [0.25, 0.3) is 10.8 Å². The summed E-state index contributed by atoms with van der Waals surface area (Å²) in [7, 11) is 4.72. The summed E-state index contributed by atoms with van der Waals surface area (Å²) in [5.41, 5.74) is 1.10. The van der Waals surface area contributed by atoms with Crippen molar-refractivity contribution in [3.8, 4) is 11.5 Å². The van der Waals surface area contributed by atoms with Crippen molar-refractivity contribution < 1.29 is 19.0 Å². The van der Waals surface area contributed by atoms with Crippen LogP contribution >= 0.6 is 0 Å². The van der Waals surface area contributed by atoms with Gasteiger partial charge in [0.2, 0.25) is 0 Å². The Labute approximate surface area is 124 Å². The molecule has 0 aliphatic carbocycles. The van der Waals surface area contributed by atoms with Gasteiger partial charge in [0.25, 0.3) is 0 Å². The molecule has 112 valence electrons. The van der Waals surface area contributed by atoms with Gasteiger partial charge < -0.3 is 14.2 Å². The lowest BCUT2D eigenvalue weighted by Crippen LogP contribution is -2.01. The van der Waals surface area contributed by atoms with Crippen LogP contribution in [0.1, 0.15) is 18.4 Å². The van der Waals surface area contributed by atoms with E-state index in [1.54, 1.807) is 14.2 Å².